The summed E-state index contributed by atoms with van der Waals surface area (Å²) in [5.41, 5.74) is 0.628. The van der Waals surface area contributed by atoms with Gasteiger partial charge in [-0.3, -0.25) is 9.59 Å². The lowest BCUT2D eigenvalue weighted by molar-refractivity contribution is -0.139. The zero-order valence-corrected chi connectivity index (χ0v) is 14.8. The van der Waals surface area contributed by atoms with E-state index in [0.29, 0.717) is 23.7 Å². The fourth-order valence-electron chi connectivity index (χ4n) is 3.54. The largest absolute Gasteiger partial charge is 0.338 e. The Morgan fingerprint density at radius 1 is 1.21 bits per heavy atom. The molecule has 1 unspecified atom stereocenters. The van der Waals surface area contributed by atoms with Crippen LogP contribution in [0.2, 0.25) is 5.02 Å². The number of benzene rings is 1. The van der Waals surface area contributed by atoms with Gasteiger partial charge in [0.05, 0.1) is 5.92 Å². The summed E-state index contributed by atoms with van der Waals surface area (Å²) in [4.78, 5) is 29.3. The van der Waals surface area contributed by atoms with Gasteiger partial charge in [0.1, 0.15) is 0 Å². The SMILES string of the molecule is C[C@@H]1CNCCN1C(=O)C1CCCN(C(=O)c2ccc(Cl)cc2)C1. The molecule has 5 nitrogen and oxygen atoms in total. The lowest BCUT2D eigenvalue weighted by Crippen LogP contribution is -2.55. The predicted octanol–water partition coefficient (Wildman–Crippen LogP) is 2.01. The highest BCUT2D eigenvalue weighted by molar-refractivity contribution is 6.30. The molecule has 2 amide bonds. The number of likely N-dealkylation sites (tertiary alicyclic amines) is 1. The second kappa shape index (κ2) is 7.53. The van der Waals surface area contributed by atoms with Crippen molar-refractivity contribution in [2.45, 2.75) is 25.8 Å². The van der Waals surface area contributed by atoms with Crippen LogP contribution in [0.4, 0.5) is 0 Å². The van der Waals surface area contributed by atoms with E-state index < -0.39 is 0 Å². The lowest BCUT2D eigenvalue weighted by Gasteiger charge is -2.39. The third-order valence-electron chi connectivity index (χ3n) is 4.93. The number of halogens is 1. The van der Waals surface area contributed by atoms with Gasteiger partial charge >= 0.3 is 0 Å². The molecule has 2 aliphatic heterocycles. The van der Waals surface area contributed by atoms with E-state index in [9.17, 15) is 9.59 Å². The van der Waals surface area contributed by atoms with Crippen molar-refractivity contribution in [3.63, 3.8) is 0 Å². The summed E-state index contributed by atoms with van der Waals surface area (Å²) in [5.74, 6) is 0.0886. The van der Waals surface area contributed by atoms with Crippen LogP contribution >= 0.6 is 11.6 Å². The highest BCUT2D eigenvalue weighted by atomic mass is 35.5. The first-order valence-electron chi connectivity index (χ1n) is 8.62. The molecule has 2 aliphatic rings. The minimum atomic E-state index is -0.0875. The normalized spacial score (nSPS) is 24.8. The molecule has 0 saturated carbocycles. The summed E-state index contributed by atoms with van der Waals surface area (Å²) < 4.78 is 0. The minimum absolute atomic E-state index is 0.0162. The van der Waals surface area contributed by atoms with E-state index in [1.807, 2.05) is 9.80 Å². The average molecular weight is 350 g/mol. The second-order valence-electron chi connectivity index (χ2n) is 6.68. The number of hydrogen-bond donors (Lipinski definition) is 1. The monoisotopic (exact) mass is 349 g/mol. The molecule has 2 fully saturated rings. The number of carbonyl (C=O) groups excluding carboxylic acids is 2. The number of amides is 2. The van der Waals surface area contributed by atoms with Crippen LogP contribution in [-0.2, 0) is 4.79 Å². The number of nitrogens with zero attached hydrogens (tertiary/aromatic N) is 2. The van der Waals surface area contributed by atoms with Crippen molar-refractivity contribution >= 4 is 23.4 Å². The molecular formula is C18H24ClN3O2. The molecule has 2 saturated heterocycles. The van der Waals surface area contributed by atoms with Crippen molar-refractivity contribution in [1.82, 2.24) is 15.1 Å². The van der Waals surface area contributed by atoms with Crippen molar-refractivity contribution < 1.29 is 9.59 Å². The first-order chi connectivity index (χ1) is 11.6. The topological polar surface area (TPSA) is 52.7 Å². The van der Waals surface area contributed by atoms with Crippen LogP contribution in [0.25, 0.3) is 0 Å². The number of rotatable bonds is 2. The van der Waals surface area contributed by atoms with Crippen LogP contribution in [0, 0.1) is 5.92 Å². The number of carbonyl (C=O) groups is 2. The minimum Gasteiger partial charge on any atom is -0.338 e. The molecule has 0 spiro atoms. The molecule has 6 heteroatoms. The van der Waals surface area contributed by atoms with Gasteiger partial charge in [-0.05, 0) is 44.0 Å². The van der Waals surface area contributed by atoms with E-state index in [1.54, 1.807) is 24.3 Å². The molecular weight excluding hydrogens is 326 g/mol. The molecule has 24 heavy (non-hydrogen) atoms. The molecule has 1 aromatic rings. The van der Waals surface area contributed by atoms with Crippen molar-refractivity contribution in [3.8, 4) is 0 Å². The quantitative estimate of drug-likeness (QED) is 0.888. The Morgan fingerprint density at radius 3 is 2.67 bits per heavy atom. The number of piperidine rings is 1. The van der Waals surface area contributed by atoms with Crippen LogP contribution in [-0.4, -0.2) is 60.4 Å². The Hall–Kier alpha value is -1.59. The third-order valence-corrected chi connectivity index (χ3v) is 5.19. The number of nitrogens with one attached hydrogen (secondary N) is 1. The Bertz CT molecular complexity index is 605. The zero-order valence-electron chi connectivity index (χ0n) is 14.0. The lowest BCUT2D eigenvalue weighted by atomic mass is 9.95. The summed E-state index contributed by atoms with van der Waals surface area (Å²) in [6, 6.07) is 7.16. The van der Waals surface area contributed by atoms with E-state index in [1.165, 1.54) is 0 Å². The molecule has 0 radical (unpaired) electrons. The van der Waals surface area contributed by atoms with Crippen LogP contribution in [0.5, 0.6) is 0 Å². The zero-order chi connectivity index (χ0) is 17.1. The first kappa shape index (κ1) is 17.2. The van der Waals surface area contributed by atoms with Crippen molar-refractivity contribution in [2.24, 2.45) is 5.92 Å². The van der Waals surface area contributed by atoms with Gasteiger partial charge in [0.2, 0.25) is 5.91 Å². The van der Waals surface area contributed by atoms with E-state index in [-0.39, 0.29) is 23.8 Å². The number of hydrogen-bond acceptors (Lipinski definition) is 3. The summed E-state index contributed by atoms with van der Waals surface area (Å²) in [6.45, 7) is 5.73. The van der Waals surface area contributed by atoms with Crippen LogP contribution in [0.15, 0.2) is 24.3 Å². The molecule has 1 aromatic carbocycles. The summed E-state index contributed by atoms with van der Waals surface area (Å²) in [6.07, 6.45) is 1.73. The summed E-state index contributed by atoms with van der Waals surface area (Å²) >= 11 is 5.89. The maximum atomic E-state index is 12.9. The Labute approximate surface area is 147 Å². The summed E-state index contributed by atoms with van der Waals surface area (Å²) in [5, 5.41) is 3.92. The molecule has 130 valence electrons. The van der Waals surface area contributed by atoms with Gasteiger partial charge in [-0.15, -0.1) is 0 Å². The molecule has 0 bridgehead atoms. The standard InChI is InChI=1S/C18H24ClN3O2/c1-13-11-20-8-10-22(13)18(24)15-3-2-9-21(12-15)17(23)14-4-6-16(19)7-5-14/h4-7,13,15,20H,2-3,8-12H2,1H3/t13-,15?/m1/s1. The molecule has 0 aromatic heterocycles. The van der Waals surface area contributed by atoms with Gasteiger partial charge in [0.25, 0.3) is 5.91 Å². The fraction of sp³-hybridized carbons (Fsp3) is 0.556. The average Bonchev–Trinajstić information content (AvgIpc) is 2.62. The van der Waals surface area contributed by atoms with Crippen LogP contribution in [0.1, 0.15) is 30.1 Å². The van der Waals surface area contributed by atoms with Gasteiger partial charge in [-0.2, -0.15) is 0 Å². The van der Waals surface area contributed by atoms with E-state index in [4.69, 9.17) is 11.6 Å². The predicted molar refractivity (Wildman–Crippen MR) is 94.1 cm³/mol. The van der Waals surface area contributed by atoms with E-state index >= 15 is 0 Å². The Balaban J connectivity index is 1.66. The third kappa shape index (κ3) is 3.73. The van der Waals surface area contributed by atoms with E-state index in [0.717, 1.165) is 32.5 Å². The molecule has 2 heterocycles. The first-order valence-corrected chi connectivity index (χ1v) is 9.00. The smallest absolute Gasteiger partial charge is 0.253 e. The van der Waals surface area contributed by atoms with Gasteiger partial charge in [-0.25, -0.2) is 0 Å². The Morgan fingerprint density at radius 2 is 1.96 bits per heavy atom. The molecule has 1 N–H and O–H groups in total. The van der Waals surface area contributed by atoms with Crippen LogP contribution in [0.3, 0.4) is 0 Å². The van der Waals surface area contributed by atoms with Gasteiger partial charge in [-0.1, -0.05) is 11.6 Å². The fourth-order valence-corrected chi connectivity index (χ4v) is 3.67. The highest BCUT2D eigenvalue weighted by Gasteiger charge is 2.33. The second-order valence-corrected chi connectivity index (χ2v) is 7.12. The van der Waals surface area contributed by atoms with Crippen LogP contribution < -0.4 is 5.32 Å². The number of piperazine rings is 1. The maximum absolute atomic E-state index is 12.9. The van der Waals surface area contributed by atoms with Crippen molar-refractivity contribution in [2.75, 3.05) is 32.7 Å². The van der Waals surface area contributed by atoms with Gasteiger partial charge < -0.3 is 15.1 Å². The van der Waals surface area contributed by atoms with Crippen molar-refractivity contribution in [3.05, 3.63) is 34.9 Å². The molecule has 2 atom stereocenters. The van der Waals surface area contributed by atoms with Gasteiger partial charge in [0, 0.05) is 49.4 Å². The highest BCUT2D eigenvalue weighted by Crippen LogP contribution is 2.22. The molecule has 3 rings (SSSR count). The van der Waals surface area contributed by atoms with Crippen molar-refractivity contribution in [1.29, 1.82) is 0 Å². The van der Waals surface area contributed by atoms with E-state index in [2.05, 4.69) is 12.2 Å². The molecule has 0 aliphatic carbocycles. The Kier molecular flexibility index (Phi) is 5.41. The summed E-state index contributed by atoms with van der Waals surface area (Å²) in [7, 11) is 0. The maximum Gasteiger partial charge on any atom is 0.253 e. The van der Waals surface area contributed by atoms with Gasteiger partial charge in [0.15, 0.2) is 0 Å².